The van der Waals surface area contributed by atoms with E-state index < -0.39 is 0 Å². The molecule has 2 N–H and O–H groups in total. The van der Waals surface area contributed by atoms with Gasteiger partial charge in [-0.15, -0.1) is 0 Å². The van der Waals surface area contributed by atoms with E-state index in [-0.39, 0.29) is 17.9 Å². The number of carbonyl (C=O) groups excluding carboxylic acids is 1. The van der Waals surface area contributed by atoms with Crippen LogP contribution in [-0.4, -0.2) is 52.5 Å². The first-order valence-electron chi connectivity index (χ1n) is 4.81. The average molecular weight is 202 g/mol. The van der Waals surface area contributed by atoms with Gasteiger partial charge in [0.15, 0.2) is 0 Å². The van der Waals surface area contributed by atoms with Gasteiger partial charge in [-0.1, -0.05) is 0 Å². The largest absolute Gasteiger partial charge is 0.383 e. The van der Waals surface area contributed by atoms with Gasteiger partial charge in [-0.3, -0.25) is 4.79 Å². The Morgan fingerprint density at radius 2 is 2.36 bits per heavy atom. The number of amides is 1. The van der Waals surface area contributed by atoms with Crippen LogP contribution in [0.2, 0.25) is 0 Å². The Balaban J connectivity index is 2.28. The van der Waals surface area contributed by atoms with Gasteiger partial charge in [0.2, 0.25) is 5.91 Å². The topological polar surface area (TPSA) is 59.6 Å². The molecule has 2 unspecified atom stereocenters. The van der Waals surface area contributed by atoms with Crippen molar-refractivity contribution in [2.24, 2.45) is 5.92 Å². The van der Waals surface area contributed by atoms with Gasteiger partial charge >= 0.3 is 0 Å². The molecule has 1 aliphatic rings. The molecule has 0 bridgehead atoms. The monoisotopic (exact) mass is 202 g/mol. The SMILES string of the molecule is CNC1COCC1C(=O)NCCOC. The highest BCUT2D eigenvalue weighted by Crippen LogP contribution is 2.12. The number of ether oxygens (including phenoxy) is 2. The molecule has 0 aromatic carbocycles. The Labute approximate surface area is 84.1 Å². The van der Waals surface area contributed by atoms with Crippen LogP contribution in [0.15, 0.2) is 0 Å². The van der Waals surface area contributed by atoms with Crippen molar-refractivity contribution >= 4 is 5.91 Å². The van der Waals surface area contributed by atoms with Crippen molar-refractivity contribution in [3.63, 3.8) is 0 Å². The summed E-state index contributed by atoms with van der Waals surface area (Å²) in [6, 6.07) is 0.137. The molecule has 1 saturated heterocycles. The molecule has 0 saturated carbocycles. The van der Waals surface area contributed by atoms with E-state index in [0.29, 0.717) is 26.4 Å². The molecule has 5 nitrogen and oxygen atoms in total. The van der Waals surface area contributed by atoms with Crippen LogP contribution < -0.4 is 10.6 Å². The lowest BCUT2D eigenvalue weighted by molar-refractivity contribution is -0.125. The lowest BCUT2D eigenvalue weighted by atomic mass is 10.0. The second-order valence-electron chi connectivity index (χ2n) is 3.32. The number of rotatable bonds is 5. The van der Waals surface area contributed by atoms with Crippen molar-refractivity contribution in [2.75, 3.05) is 40.5 Å². The Kier molecular flexibility index (Phi) is 4.86. The maximum atomic E-state index is 11.6. The van der Waals surface area contributed by atoms with E-state index in [4.69, 9.17) is 9.47 Å². The summed E-state index contributed by atoms with van der Waals surface area (Å²) in [7, 11) is 3.45. The molecule has 1 rings (SSSR count). The Bertz CT molecular complexity index is 187. The van der Waals surface area contributed by atoms with Crippen LogP contribution >= 0.6 is 0 Å². The van der Waals surface area contributed by atoms with Gasteiger partial charge in [-0.25, -0.2) is 0 Å². The molecule has 1 amide bonds. The van der Waals surface area contributed by atoms with Crippen LogP contribution in [-0.2, 0) is 14.3 Å². The molecule has 14 heavy (non-hydrogen) atoms. The van der Waals surface area contributed by atoms with Gasteiger partial charge in [0, 0.05) is 19.7 Å². The maximum absolute atomic E-state index is 11.6. The smallest absolute Gasteiger partial charge is 0.227 e. The fourth-order valence-corrected chi connectivity index (χ4v) is 1.50. The number of carbonyl (C=O) groups is 1. The lowest BCUT2D eigenvalue weighted by Crippen LogP contribution is -2.43. The zero-order valence-electron chi connectivity index (χ0n) is 8.71. The zero-order chi connectivity index (χ0) is 10.4. The highest BCUT2D eigenvalue weighted by atomic mass is 16.5. The van der Waals surface area contributed by atoms with Gasteiger partial charge in [-0.2, -0.15) is 0 Å². The normalized spacial score (nSPS) is 26.4. The number of methoxy groups -OCH3 is 1. The third-order valence-corrected chi connectivity index (χ3v) is 2.39. The summed E-state index contributed by atoms with van der Waals surface area (Å²) >= 11 is 0. The van der Waals surface area contributed by atoms with E-state index in [0.717, 1.165) is 0 Å². The molecule has 0 radical (unpaired) electrons. The van der Waals surface area contributed by atoms with Crippen molar-refractivity contribution in [3.05, 3.63) is 0 Å². The minimum Gasteiger partial charge on any atom is -0.383 e. The van der Waals surface area contributed by atoms with Crippen LogP contribution in [0, 0.1) is 5.92 Å². The summed E-state index contributed by atoms with van der Waals surface area (Å²) in [5.74, 6) is -0.0317. The summed E-state index contributed by atoms with van der Waals surface area (Å²) in [4.78, 5) is 11.6. The second-order valence-corrected chi connectivity index (χ2v) is 3.32. The van der Waals surface area contributed by atoms with Crippen molar-refractivity contribution < 1.29 is 14.3 Å². The van der Waals surface area contributed by atoms with Crippen molar-refractivity contribution in [2.45, 2.75) is 6.04 Å². The third-order valence-electron chi connectivity index (χ3n) is 2.39. The maximum Gasteiger partial charge on any atom is 0.227 e. The molecule has 0 aromatic rings. The first kappa shape index (κ1) is 11.4. The second kappa shape index (κ2) is 5.95. The number of likely N-dealkylation sites (N-methyl/N-ethyl adjacent to an activating group) is 1. The van der Waals surface area contributed by atoms with E-state index in [2.05, 4.69) is 10.6 Å². The molecule has 0 aliphatic carbocycles. The fourth-order valence-electron chi connectivity index (χ4n) is 1.50. The van der Waals surface area contributed by atoms with Gasteiger partial charge in [0.25, 0.3) is 0 Å². The highest BCUT2D eigenvalue weighted by Gasteiger charge is 2.32. The fraction of sp³-hybridized carbons (Fsp3) is 0.889. The molecule has 5 heteroatoms. The van der Waals surface area contributed by atoms with Crippen molar-refractivity contribution in [1.29, 1.82) is 0 Å². The van der Waals surface area contributed by atoms with Crippen LogP contribution in [0.3, 0.4) is 0 Å². The summed E-state index contributed by atoms with van der Waals surface area (Å²) in [6.07, 6.45) is 0. The van der Waals surface area contributed by atoms with E-state index in [1.165, 1.54) is 0 Å². The minimum absolute atomic E-state index is 0.0406. The minimum atomic E-state index is -0.0724. The number of nitrogens with one attached hydrogen (secondary N) is 2. The first-order chi connectivity index (χ1) is 6.79. The molecule has 0 aromatic heterocycles. The molecular weight excluding hydrogens is 184 g/mol. The van der Waals surface area contributed by atoms with E-state index in [9.17, 15) is 4.79 Å². The molecule has 2 atom stereocenters. The predicted molar refractivity (Wildman–Crippen MR) is 52.0 cm³/mol. The molecule has 1 aliphatic heterocycles. The van der Waals surface area contributed by atoms with E-state index in [1.807, 2.05) is 7.05 Å². The van der Waals surface area contributed by atoms with E-state index in [1.54, 1.807) is 7.11 Å². The van der Waals surface area contributed by atoms with Crippen molar-refractivity contribution in [3.8, 4) is 0 Å². The Morgan fingerprint density at radius 1 is 1.57 bits per heavy atom. The number of hydrogen-bond donors (Lipinski definition) is 2. The molecule has 1 fully saturated rings. The molecular formula is C9H18N2O3. The quantitative estimate of drug-likeness (QED) is 0.560. The summed E-state index contributed by atoms with van der Waals surface area (Å²) in [6.45, 7) is 2.22. The lowest BCUT2D eigenvalue weighted by Gasteiger charge is -2.16. The standard InChI is InChI=1S/C9H18N2O3/c1-10-8-6-14-5-7(8)9(12)11-3-4-13-2/h7-8,10H,3-6H2,1-2H3,(H,11,12). The third kappa shape index (κ3) is 2.94. The Morgan fingerprint density at radius 3 is 3.00 bits per heavy atom. The van der Waals surface area contributed by atoms with Gasteiger partial charge in [-0.05, 0) is 7.05 Å². The van der Waals surface area contributed by atoms with Crippen LogP contribution in [0.25, 0.3) is 0 Å². The zero-order valence-corrected chi connectivity index (χ0v) is 8.71. The molecule has 1 heterocycles. The van der Waals surface area contributed by atoms with Crippen LogP contribution in [0.1, 0.15) is 0 Å². The van der Waals surface area contributed by atoms with Gasteiger partial charge in [0.1, 0.15) is 0 Å². The van der Waals surface area contributed by atoms with E-state index >= 15 is 0 Å². The van der Waals surface area contributed by atoms with Crippen LogP contribution in [0.4, 0.5) is 0 Å². The Hall–Kier alpha value is -0.650. The first-order valence-corrected chi connectivity index (χ1v) is 4.81. The van der Waals surface area contributed by atoms with Gasteiger partial charge in [0.05, 0.1) is 25.7 Å². The van der Waals surface area contributed by atoms with Gasteiger partial charge < -0.3 is 20.1 Å². The van der Waals surface area contributed by atoms with Crippen molar-refractivity contribution in [1.82, 2.24) is 10.6 Å². The highest BCUT2D eigenvalue weighted by molar-refractivity contribution is 5.79. The molecule has 0 spiro atoms. The molecule has 82 valence electrons. The summed E-state index contributed by atoms with van der Waals surface area (Å²) < 4.78 is 10.1. The predicted octanol–water partition coefficient (Wildman–Crippen LogP) is -1.02. The average Bonchev–Trinajstić information content (AvgIpc) is 2.65. The summed E-state index contributed by atoms with van der Waals surface area (Å²) in [5, 5.41) is 5.87. The van der Waals surface area contributed by atoms with Crippen LogP contribution in [0.5, 0.6) is 0 Å². The summed E-state index contributed by atoms with van der Waals surface area (Å²) in [5.41, 5.74) is 0. The number of hydrogen-bond acceptors (Lipinski definition) is 4.